The fourth-order valence-electron chi connectivity index (χ4n) is 3.69. The number of hydrogen-bond acceptors (Lipinski definition) is 2. The number of halogens is 2. The van der Waals surface area contributed by atoms with Crippen molar-refractivity contribution in [3.05, 3.63) is 79.1 Å². The first-order valence-electron chi connectivity index (χ1n) is 9.21. The number of rotatable bonds is 4. The molecule has 0 unspecified atom stereocenters. The second-order valence-electron chi connectivity index (χ2n) is 7.01. The third-order valence-corrected chi connectivity index (χ3v) is 5.85. The van der Waals surface area contributed by atoms with E-state index in [1.165, 1.54) is 0 Å². The number of carboxylic acid groups (broad SMARTS) is 1. The maximum absolute atomic E-state index is 13.5. The van der Waals surface area contributed by atoms with Gasteiger partial charge in [0.05, 0.1) is 15.7 Å². The molecule has 0 aliphatic rings. The second-order valence-corrected chi connectivity index (χ2v) is 7.82. The molecule has 3 aromatic rings. The van der Waals surface area contributed by atoms with Gasteiger partial charge in [-0.15, -0.1) is 0 Å². The molecule has 1 N–H and O–H groups in total. The predicted octanol–water partition coefficient (Wildman–Crippen LogP) is 6.13. The lowest BCUT2D eigenvalue weighted by molar-refractivity contribution is 0.0695. The number of pyridine rings is 1. The highest BCUT2D eigenvalue weighted by Crippen LogP contribution is 2.33. The lowest BCUT2D eigenvalue weighted by Crippen LogP contribution is -2.25. The third kappa shape index (κ3) is 3.70. The van der Waals surface area contributed by atoms with Gasteiger partial charge in [-0.2, -0.15) is 0 Å². The van der Waals surface area contributed by atoms with Crippen molar-refractivity contribution in [2.75, 3.05) is 0 Å². The summed E-state index contributed by atoms with van der Waals surface area (Å²) in [6.45, 7) is 8.10. The van der Waals surface area contributed by atoms with E-state index in [-0.39, 0.29) is 5.56 Å². The van der Waals surface area contributed by atoms with E-state index in [9.17, 15) is 14.7 Å². The van der Waals surface area contributed by atoms with Gasteiger partial charge in [0.1, 0.15) is 5.56 Å². The molecule has 150 valence electrons. The number of hydrogen-bond donors (Lipinski definition) is 1. The Kier molecular flexibility index (Phi) is 5.87. The molecule has 0 atom stereocenters. The summed E-state index contributed by atoms with van der Waals surface area (Å²) in [5.74, 6) is -1.27. The quantitative estimate of drug-likeness (QED) is 0.542. The molecule has 3 rings (SSSR count). The van der Waals surface area contributed by atoms with Crippen LogP contribution in [0.3, 0.4) is 0 Å². The van der Waals surface area contributed by atoms with E-state index in [4.69, 9.17) is 23.2 Å². The van der Waals surface area contributed by atoms with Gasteiger partial charge < -0.3 is 9.67 Å². The fraction of sp³-hybridized carbons (Fsp3) is 0.217. The van der Waals surface area contributed by atoms with Crippen molar-refractivity contribution >= 4 is 29.2 Å². The number of aromatic nitrogens is 1. The van der Waals surface area contributed by atoms with Crippen molar-refractivity contribution in [2.24, 2.45) is 0 Å². The lowest BCUT2D eigenvalue weighted by Gasteiger charge is -2.22. The second kappa shape index (κ2) is 8.05. The summed E-state index contributed by atoms with van der Waals surface area (Å²) in [5.41, 5.74) is 3.86. The molecule has 0 radical (unpaired) electrons. The zero-order valence-electron chi connectivity index (χ0n) is 16.6. The molecule has 0 aliphatic heterocycles. The van der Waals surface area contributed by atoms with E-state index in [2.05, 4.69) is 0 Å². The average molecular weight is 430 g/mol. The zero-order chi connectivity index (χ0) is 21.5. The SMILES string of the molecule is CCn1c(C)c(-c2cc(C)ccc2C)c(=O)c(C(=O)O)c1-c1ccc(Cl)c(Cl)c1. The van der Waals surface area contributed by atoms with E-state index in [0.717, 1.165) is 16.7 Å². The van der Waals surface area contributed by atoms with Gasteiger partial charge in [0.25, 0.3) is 0 Å². The summed E-state index contributed by atoms with van der Waals surface area (Å²) in [5, 5.41) is 10.6. The Hall–Kier alpha value is -2.56. The summed E-state index contributed by atoms with van der Waals surface area (Å²) >= 11 is 12.2. The number of aryl methyl sites for hydroxylation is 2. The topological polar surface area (TPSA) is 59.3 Å². The molecule has 29 heavy (non-hydrogen) atoms. The highest BCUT2D eigenvalue weighted by molar-refractivity contribution is 6.42. The van der Waals surface area contributed by atoms with E-state index in [1.807, 2.05) is 50.5 Å². The van der Waals surface area contributed by atoms with Gasteiger partial charge in [0.15, 0.2) is 0 Å². The molecule has 0 aliphatic carbocycles. The molecule has 0 fully saturated rings. The number of carbonyl (C=O) groups is 1. The van der Waals surface area contributed by atoms with Gasteiger partial charge in [0, 0.05) is 23.4 Å². The minimum Gasteiger partial charge on any atom is -0.477 e. The van der Waals surface area contributed by atoms with Gasteiger partial charge >= 0.3 is 5.97 Å². The Morgan fingerprint density at radius 1 is 1.03 bits per heavy atom. The van der Waals surface area contributed by atoms with Crippen molar-refractivity contribution in [3.8, 4) is 22.4 Å². The molecule has 0 saturated carbocycles. The lowest BCUT2D eigenvalue weighted by atomic mass is 9.93. The minimum atomic E-state index is -1.27. The molecule has 0 bridgehead atoms. The third-order valence-electron chi connectivity index (χ3n) is 5.11. The summed E-state index contributed by atoms with van der Waals surface area (Å²) in [4.78, 5) is 25.7. The van der Waals surface area contributed by atoms with Crippen LogP contribution in [0.4, 0.5) is 0 Å². The van der Waals surface area contributed by atoms with Crippen LogP contribution < -0.4 is 5.43 Å². The van der Waals surface area contributed by atoms with Crippen molar-refractivity contribution in [2.45, 2.75) is 34.2 Å². The summed E-state index contributed by atoms with van der Waals surface area (Å²) < 4.78 is 1.85. The standard InChI is InChI=1S/C23H21Cl2NO3/c1-5-26-14(4)19(16-10-12(2)6-7-13(16)3)22(27)20(23(28)29)21(26)15-8-9-17(24)18(25)11-15/h6-11H,5H2,1-4H3,(H,28,29). The highest BCUT2D eigenvalue weighted by Gasteiger charge is 2.26. The van der Waals surface area contributed by atoms with Crippen LogP contribution in [-0.2, 0) is 6.54 Å². The largest absolute Gasteiger partial charge is 0.477 e. The molecule has 0 amide bonds. The van der Waals surface area contributed by atoms with Crippen LogP contribution in [0, 0.1) is 20.8 Å². The van der Waals surface area contributed by atoms with Crippen molar-refractivity contribution < 1.29 is 9.90 Å². The molecule has 2 aromatic carbocycles. The number of benzene rings is 2. The molecular formula is C23H21Cl2NO3. The van der Waals surface area contributed by atoms with Crippen LogP contribution in [0.25, 0.3) is 22.4 Å². The van der Waals surface area contributed by atoms with Gasteiger partial charge in [-0.1, -0.05) is 53.0 Å². The van der Waals surface area contributed by atoms with Crippen LogP contribution in [0.1, 0.15) is 34.1 Å². The first kappa shape index (κ1) is 21.2. The van der Waals surface area contributed by atoms with E-state index < -0.39 is 11.4 Å². The van der Waals surface area contributed by atoms with Gasteiger partial charge in [0.2, 0.25) is 5.43 Å². The smallest absolute Gasteiger partial charge is 0.341 e. The molecular weight excluding hydrogens is 409 g/mol. The van der Waals surface area contributed by atoms with Crippen LogP contribution in [0.15, 0.2) is 41.2 Å². The van der Waals surface area contributed by atoms with Crippen molar-refractivity contribution in [1.82, 2.24) is 4.57 Å². The normalized spacial score (nSPS) is 11.0. The first-order chi connectivity index (χ1) is 13.7. The fourth-order valence-corrected chi connectivity index (χ4v) is 3.99. The van der Waals surface area contributed by atoms with Gasteiger partial charge in [-0.25, -0.2) is 4.79 Å². The van der Waals surface area contributed by atoms with Crippen LogP contribution in [0.2, 0.25) is 10.0 Å². The predicted molar refractivity (Wildman–Crippen MR) is 118 cm³/mol. The summed E-state index contributed by atoms with van der Waals surface area (Å²) in [6, 6.07) is 10.7. The maximum Gasteiger partial charge on any atom is 0.341 e. The minimum absolute atomic E-state index is 0.272. The number of carboxylic acids is 1. The Morgan fingerprint density at radius 2 is 1.72 bits per heavy atom. The van der Waals surface area contributed by atoms with E-state index in [1.54, 1.807) is 18.2 Å². The highest BCUT2D eigenvalue weighted by atomic mass is 35.5. The Bertz CT molecular complexity index is 1200. The van der Waals surface area contributed by atoms with Gasteiger partial charge in [-0.3, -0.25) is 4.79 Å². The van der Waals surface area contributed by atoms with Crippen LogP contribution >= 0.6 is 23.2 Å². The molecule has 1 aromatic heterocycles. The van der Waals surface area contributed by atoms with Crippen LogP contribution in [0.5, 0.6) is 0 Å². The Morgan fingerprint density at radius 3 is 2.31 bits per heavy atom. The summed E-state index contributed by atoms with van der Waals surface area (Å²) in [7, 11) is 0. The van der Waals surface area contributed by atoms with Gasteiger partial charge in [-0.05, 0) is 51.0 Å². The average Bonchev–Trinajstić information content (AvgIpc) is 2.66. The zero-order valence-corrected chi connectivity index (χ0v) is 18.1. The van der Waals surface area contributed by atoms with E-state index in [0.29, 0.717) is 39.1 Å². The van der Waals surface area contributed by atoms with Crippen molar-refractivity contribution in [3.63, 3.8) is 0 Å². The molecule has 4 nitrogen and oxygen atoms in total. The first-order valence-corrected chi connectivity index (χ1v) is 9.96. The molecule has 1 heterocycles. The molecule has 0 spiro atoms. The maximum atomic E-state index is 13.5. The number of aromatic carboxylic acids is 1. The molecule has 0 saturated heterocycles. The van der Waals surface area contributed by atoms with E-state index >= 15 is 0 Å². The molecule has 6 heteroatoms. The Balaban J connectivity index is 2.49. The Labute approximate surface area is 179 Å². The van der Waals surface area contributed by atoms with Crippen LogP contribution in [-0.4, -0.2) is 15.6 Å². The van der Waals surface area contributed by atoms with Crippen molar-refractivity contribution in [1.29, 1.82) is 0 Å². The monoisotopic (exact) mass is 429 g/mol. The summed E-state index contributed by atoms with van der Waals surface area (Å²) in [6.07, 6.45) is 0. The number of nitrogens with zero attached hydrogens (tertiary/aromatic N) is 1.